The lowest BCUT2D eigenvalue weighted by Crippen LogP contribution is -2.48. The minimum Gasteiger partial charge on any atom is -0.337 e. The van der Waals surface area contributed by atoms with Crippen LogP contribution in [0.5, 0.6) is 0 Å². The van der Waals surface area contributed by atoms with Crippen molar-refractivity contribution in [2.75, 3.05) is 26.2 Å². The molecule has 3 aromatic rings. The highest BCUT2D eigenvalue weighted by Crippen LogP contribution is 2.13. The van der Waals surface area contributed by atoms with Crippen molar-refractivity contribution in [3.63, 3.8) is 0 Å². The molecule has 0 radical (unpaired) electrons. The van der Waals surface area contributed by atoms with Crippen LogP contribution in [0.4, 0.5) is 4.39 Å². The molecular formula is C21H21FN6O. The molecule has 2 aromatic carbocycles. The van der Waals surface area contributed by atoms with Crippen LogP contribution < -0.4 is 0 Å². The first-order chi connectivity index (χ1) is 14.2. The largest absolute Gasteiger partial charge is 0.337 e. The maximum Gasteiger partial charge on any atom is 0.246 e. The topological polar surface area (TPSA) is 67.2 Å². The molecule has 0 spiro atoms. The number of carbonyl (C=O) groups is 1. The molecule has 0 atom stereocenters. The standard InChI is InChI=1S/C21H21FN6O/c22-18-7-4-8-19(15-18)28-20(23-24-25-28)16-26-11-13-27(14-12-26)21(29)10-9-17-5-2-1-3-6-17/h1-10,15H,11-14,16H2. The molecule has 0 unspecified atom stereocenters. The average molecular weight is 392 g/mol. The van der Waals surface area contributed by atoms with E-state index >= 15 is 0 Å². The summed E-state index contributed by atoms with van der Waals surface area (Å²) < 4.78 is 15.0. The fourth-order valence-electron chi connectivity index (χ4n) is 3.28. The SMILES string of the molecule is O=C(C=Cc1ccccc1)N1CCN(Cc2nnnn2-c2cccc(F)c2)CC1. The minimum absolute atomic E-state index is 0.0121. The van der Waals surface area contributed by atoms with E-state index in [4.69, 9.17) is 0 Å². The summed E-state index contributed by atoms with van der Waals surface area (Å²) in [6, 6.07) is 15.9. The van der Waals surface area contributed by atoms with E-state index in [2.05, 4.69) is 20.4 Å². The van der Waals surface area contributed by atoms with Crippen LogP contribution in [0.3, 0.4) is 0 Å². The molecule has 1 saturated heterocycles. The van der Waals surface area contributed by atoms with Crippen LogP contribution >= 0.6 is 0 Å². The van der Waals surface area contributed by atoms with Gasteiger partial charge >= 0.3 is 0 Å². The molecule has 0 saturated carbocycles. The Hall–Kier alpha value is -3.39. The second kappa shape index (κ2) is 8.74. The van der Waals surface area contributed by atoms with E-state index in [1.54, 1.807) is 22.9 Å². The summed E-state index contributed by atoms with van der Waals surface area (Å²) >= 11 is 0. The zero-order chi connectivity index (χ0) is 20.1. The molecular weight excluding hydrogens is 371 g/mol. The van der Waals surface area contributed by atoms with E-state index in [9.17, 15) is 9.18 Å². The van der Waals surface area contributed by atoms with Gasteiger partial charge in [-0.05, 0) is 40.3 Å². The lowest BCUT2D eigenvalue weighted by molar-refractivity contribution is -0.127. The summed E-state index contributed by atoms with van der Waals surface area (Å²) in [7, 11) is 0. The van der Waals surface area contributed by atoms with Gasteiger partial charge in [-0.15, -0.1) is 5.10 Å². The molecule has 0 bridgehead atoms. The van der Waals surface area contributed by atoms with E-state index in [1.165, 1.54) is 12.1 Å². The average Bonchev–Trinajstić information content (AvgIpc) is 3.21. The van der Waals surface area contributed by atoms with Crippen LogP contribution in [-0.4, -0.2) is 62.1 Å². The van der Waals surface area contributed by atoms with Crippen molar-refractivity contribution in [2.24, 2.45) is 0 Å². The fraction of sp³-hybridized carbons (Fsp3) is 0.238. The van der Waals surface area contributed by atoms with E-state index in [-0.39, 0.29) is 11.7 Å². The van der Waals surface area contributed by atoms with Crippen molar-refractivity contribution in [1.82, 2.24) is 30.0 Å². The molecule has 1 fully saturated rings. The predicted octanol–water partition coefficient (Wildman–Crippen LogP) is 2.16. The third-order valence-electron chi connectivity index (χ3n) is 4.85. The van der Waals surface area contributed by atoms with E-state index in [1.807, 2.05) is 41.3 Å². The number of carbonyl (C=O) groups excluding carboxylic acids is 1. The molecule has 0 aliphatic carbocycles. The lowest BCUT2D eigenvalue weighted by Gasteiger charge is -2.33. The van der Waals surface area contributed by atoms with Gasteiger partial charge in [0, 0.05) is 32.3 Å². The number of tetrazole rings is 1. The van der Waals surface area contributed by atoms with Gasteiger partial charge < -0.3 is 4.90 Å². The Bertz CT molecular complexity index is 995. The van der Waals surface area contributed by atoms with Gasteiger partial charge in [-0.2, -0.15) is 4.68 Å². The number of nitrogens with zero attached hydrogens (tertiary/aromatic N) is 6. The molecule has 1 aliphatic heterocycles. The molecule has 148 valence electrons. The Morgan fingerprint density at radius 2 is 1.83 bits per heavy atom. The summed E-state index contributed by atoms with van der Waals surface area (Å²) in [6.45, 7) is 3.26. The fourth-order valence-corrected chi connectivity index (χ4v) is 3.28. The van der Waals surface area contributed by atoms with Crippen LogP contribution in [0.15, 0.2) is 60.7 Å². The number of hydrogen-bond acceptors (Lipinski definition) is 5. The zero-order valence-electron chi connectivity index (χ0n) is 15.9. The minimum atomic E-state index is -0.334. The highest BCUT2D eigenvalue weighted by Gasteiger charge is 2.21. The van der Waals surface area contributed by atoms with Crippen molar-refractivity contribution in [3.8, 4) is 5.69 Å². The van der Waals surface area contributed by atoms with Crippen molar-refractivity contribution < 1.29 is 9.18 Å². The van der Waals surface area contributed by atoms with Gasteiger partial charge in [0.15, 0.2) is 5.82 Å². The van der Waals surface area contributed by atoms with Gasteiger partial charge in [0.1, 0.15) is 5.82 Å². The van der Waals surface area contributed by atoms with E-state index in [0.29, 0.717) is 31.1 Å². The maximum absolute atomic E-state index is 13.5. The summed E-state index contributed by atoms with van der Waals surface area (Å²) in [5.74, 6) is 0.317. The summed E-state index contributed by atoms with van der Waals surface area (Å²) in [6.07, 6.45) is 3.46. The molecule has 7 nitrogen and oxygen atoms in total. The normalized spacial score (nSPS) is 15.1. The highest BCUT2D eigenvalue weighted by molar-refractivity contribution is 5.91. The number of rotatable bonds is 5. The summed E-state index contributed by atoms with van der Waals surface area (Å²) in [5, 5.41) is 11.8. The van der Waals surface area contributed by atoms with Crippen LogP contribution in [0.1, 0.15) is 11.4 Å². The van der Waals surface area contributed by atoms with Crippen molar-refractivity contribution in [1.29, 1.82) is 0 Å². The van der Waals surface area contributed by atoms with Gasteiger partial charge in [-0.3, -0.25) is 9.69 Å². The lowest BCUT2D eigenvalue weighted by atomic mass is 10.2. The van der Waals surface area contributed by atoms with Gasteiger partial charge in [0.2, 0.25) is 5.91 Å². The monoisotopic (exact) mass is 392 g/mol. The van der Waals surface area contributed by atoms with Crippen molar-refractivity contribution in [2.45, 2.75) is 6.54 Å². The molecule has 8 heteroatoms. The third kappa shape index (κ3) is 4.72. The van der Waals surface area contributed by atoms with Crippen LogP contribution in [0, 0.1) is 5.82 Å². The first-order valence-corrected chi connectivity index (χ1v) is 9.46. The number of piperazine rings is 1. The number of aromatic nitrogens is 4. The Morgan fingerprint density at radius 3 is 2.59 bits per heavy atom. The number of benzene rings is 2. The number of amides is 1. The number of hydrogen-bond donors (Lipinski definition) is 0. The van der Waals surface area contributed by atoms with Gasteiger partial charge in [0.05, 0.1) is 12.2 Å². The quantitative estimate of drug-likeness (QED) is 0.623. The molecule has 1 amide bonds. The summed E-state index contributed by atoms with van der Waals surface area (Å²) in [5.41, 5.74) is 1.59. The Morgan fingerprint density at radius 1 is 1.03 bits per heavy atom. The van der Waals surface area contributed by atoms with Crippen molar-refractivity contribution in [3.05, 3.63) is 77.9 Å². The molecule has 29 heavy (non-hydrogen) atoms. The third-order valence-corrected chi connectivity index (χ3v) is 4.85. The van der Waals surface area contributed by atoms with Gasteiger partial charge in [-0.25, -0.2) is 4.39 Å². The van der Waals surface area contributed by atoms with Crippen LogP contribution in [-0.2, 0) is 11.3 Å². The first-order valence-electron chi connectivity index (χ1n) is 9.46. The Kier molecular flexibility index (Phi) is 5.71. The Labute approximate surface area is 168 Å². The summed E-state index contributed by atoms with van der Waals surface area (Å²) in [4.78, 5) is 16.4. The van der Waals surface area contributed by atoms with Gasteiger partial charge in [0.25, 0.3) is 0 Å². The van der Waals surface area contributed by atoms with E-state index in [0.717, 1.165) is 18.7 Å². The molecule has 0 N–H and O–H groups in total. The van der Waals surface area contributed by atoms with Crippen molar-refractivity contribution >= 4 is 12.0 Å². The van der Waals surface area contributed by atoms with Crippen LogP contribution in [0.25, 0.3) is 11.8 Å². The maximum atomic E-state index is 13.5. The Balaban J connectivity index is 1.33. The zero-order valence-corrected chi connectivity index (χ0v) is 15.9. The molecule has 1 aromatic heterocycles. The molecule has 1 aliphatic rings. The molecule has 4 rings (SSSR count). The second-order valence-electron chi connectivity index (χ2n) is 6.83. The van der Waals surface area contributed by atoms with Crippen LogP contribution in [0.2, 0.25) is 0 Å². The smallest absolute Gasteiger partial charge is 0.246 e. The second-order valence-corrected chi connectivity index (χ2v) is 6.83. The molecule has 2 heterocycles. The van der Waals surface area contributed by atoms with Gasteiger partial charge in [-0.1, -0.05) is 36.4 Å². The number of halogens is 1. The first kappa shape index (κ1) is 18.9. The van der Waals surface area contributed by atoms with E-state index < -0.39 is 0 Å². The predicted molar refractivity (Wildman–Crippen MR) is 106 cm³/mol. The highest BCUT2D eigenvalue weighted by atomic mass is 19.1.